The van der Waals surface area contributed by atoms with Gasteiger partial charge in [0.05, 0.1) is 10.2 Å². The molecule has 0 atom stereocenters. The summed E-state index contributed by atoms with van der Waals surface area (Å²) < 4.78 is 3.22. The van der Waals surface area contributed by atoms with Gasteiger partial charge in [0, 0.05) is 13.5 Å². The van der Waals surface area contributed by atoms with Crippen molar-refractivity contribution in [2.24, 2.45) is 12.0 Å². The SMILES string of the molecule is CCCCC(=O)N=c1sc2cc(C)cc(C)c2n1C. The second-order valence-electron chi connectivity index (χ2n) is 4.98. The van der Waals surface area contributed by atoms with Crippen molar-refractivity contribution in [1.82, 2.24) is 4.57 Å². The van der Waals surface area contributed by atoms with Gasteiger partial charge in [-0.05, 0) is 37.5 Å². The highest BCUT2D eigenvalue weighted by Crippen LogP contribution is 2.22. The number of unbranched alkanes of at least 4 members (excludes halogenated alkanes) is 1. The van der Waals surface area contributed by atoms with Crippen molar-refractivity contribution in [3.8, 4) is 0 Å². The monoisotopic (exact) mass is 276 g/mol. The number of aryl methyl sites for hydroxylation is 3. The van der Waals surface area contributed by atoms with Gasteiger partial charge in [0.2, 0.25) is 5.91 Å². The van der Waals surface area contributed by atoms with Gasteiger partial charge in [-0.15, -0.1) is 0 Å². The van der Waals surface area contributed by atoms with Crippen LogP contribution in [0.2, 0.25) is 0 Å². The van der Waals surface area contributed by atoms with Gasteiger partial charge in [-0.25, -0.2) is 0 Å². The molecule has 0 radical (unpaired) electrons. The smallest absolute Gasteiger partial charge is 0.248 e. The summed E-state index contributed by atoms with van der Waals surface area (Å²) in [6.45, 7) is 6.28. The summed E-state index contributed by atoms with van der Waals surface area (Å²) >= 11 is 1.59. The van der Waals surface area contributed by atoms with E-state index in [-0.39, 0.29) is 5.91 Å². The van der Waals surface area contributed by atoms with Crippen LogP contribution in [0.25, 0.3) is 10.2 Å². The van der Waals surface area contributed by atoms with Crippen molar-refractivity contribution in [3.63, 3.8) is 0 Å². The maximum atomic E-state index is 11.8. The number of thiazole rings is 1. The molecule has 0 fully saturated rings. The lowest BCUT2D eigenvalue weighted by Crippen LogP contribution is -2.13. The number of carbonyl (C=O) groups excluding carboxylic acids is 1. The van der Waals surface area contributed by atoms with Crippen molar-refractivity contribution in [3.05, 3.63) is 28.1 Å². The van der Waals surface area contributed by atoms with Crippen LogP contribution in [0.5, 0.6) is 0 Å². The molecular formula is C15H20N2OS. The van der Waals surface area contributed by atoms with Gasteiger partial charge in [0.25, 0.3) is 0 Å². The molecule has 4 heteroatoms. The first-order chi connectivity index (χ1) is 9.02. The average Bonchev–Trinajstić information content (AvgIpc) is 2.63. The second-order valence-corrected chi connectivity index (χ2v) is 5.99. The molecule has 0 spiro atoms. The summed E-state index contributed by atoms with van der Waals surface area (Å²) in [4.78, 5) is 16.8. The van der Waals surface area contributed by atoms with E-state index in [4.69, 9.17) is 0 Å². The van der Waals surface area contributed by atoms with E-state index < -0.39 is 0 Å². The van der Waals surface area contributed by atoms with E-state index in [9.17, 15) is 4.79 Å². The van der Waals surface area contributed by atoms with Crippen LogP contribution in [0.3, 0.4) is 0 Å². The Balaban J connectivity index is 2.51. The Hall–Kier alpha value is -1.42. The Morgan fingerprint density at radius 2 is 2.11 bits per heavy atom. The van der Waals surface area contributed by atoms with Crippen LogP contribution < -0.4 is 4.80 Å². The molecule has 0 N–H and O–H groups in total. The topological polar surface area (TPSA) is 34.4 Å². The van der Waals surface area contributed by atoms with E-state index in [1.165, 1.54) is 21.3 Å². The molecule has 102 valence electrons. The maximum Gasteiger partial charge on any atom is 0.248 e. The molecule has 2 rings (SSSR count). The van der Waals surface area contributed by atoms with E-state index in [2.05, 4.69) is 37.9 Å². The molecular weight excluding hydrogens is 256 g/mol. The summed E-state index contributed by atoms with van der Waals surface area (Å²) in [5.74, 6) is -0.0154. The van der Waals surface area contributed by atoms with Crippen molar-refractivity contribution >= 4 is 27.5 Å². The van der Waals surface area contributed by atoms with Crippen LogP contribution in [-0.2, 0) is 11.8 Å². The number of amides is 1. The van der Waals surface area contributed by atoms with Gasteiger partial charge in [-0.2, -0.15) is 4.99 Å². The number of hydrogen-bond donors (Lipinski definition) is 0. The van der Waals surface area contributed by atoms with E-state index in [1.54, 1.807) is 11.3 Å². The van der Waals surface area contributed by atoms with Crippen LogP contribution in [0.4, 0.5) is 0 Å². The quantitative estimate of drug-likeness (QED) is 0.845. The minimum Gasteiger partial charge on any atom is -0.319 e. The van der Waals surface area contributed by atoms with E-state index in [0.29, 0.717) is 6.42 Å². The predicted molar refractivity (Wildman–Crippen MR) is 80.4 cm³/mol. The van der Waals surface area contributed by atoms with Gasteiger partial charge >= 0.3 is 0 Å². The van der Waals surface area contributed by atoms with Crippen LogP contribution in [0.1, 0.15) is 37.3 Å². The highest BCUT2D eigenvalue weighted by atomic mass is 32.1. The molecule has 1 aromatic heterocycles. The van der Waals surface area contributed by atoms with Crippen molar-refractivity contribution < 1.29 is 4.79 Å². The van der Waals surface area contributed by atoms with Gasteiger partial charge in [0.15, 0.2) is 4.80 Å². The lowest BCUT2D eigenvalue weighted by atomic mass is 10.1. The van der Waals surface area contributed by atoms with Gasteiger partial charge in [-0.3, -0.25) is 4.79 Å². The summed E-state index contributed by atoms with van der Waals surface area (Å²) in [6, 6.07) is 4.32. The molecule has 3 nitrogen and oxygen atoms in total. The van der Waals surface area contributed by atoms with Crippen molar-refractivity contribution in [2.75, 3.05) is 0 Å². The van der Waals surface area contributed by atoms with Gasteiger partial charge in [-0.1, -0.05) is 30.7 Å². The molecule has 0 bridgehead atoms. The number of nitrogens with zero attached hydrogens (tertiary/aromatic N) is 2. The lowest BCUT2D eigenvalue weighted by Gasteiger charge is -2.01. The Bertz CT molecular complexity index is 679. The first kappa shape index (κ1) is 14.0. The zero-order valence-electron chi connectivity index (χ0n) is 12.0. The fourth-order valence-electron chi connectivity index (χ4n) is 2.28. The lowest BCUT2D eigenvalue weighted by molar-refractivity contribution is -0.118. The number of hydrogen-bond acceptors (Lipinski definition) is 2. The molecule has 1 amide bonds. The van der Waals surface area contributed by atoms with Crippen LogP contribution in [0.15, 0.2) is 17.1 Å². The number of fused-ring (bicyclic) bond motifs is 1. The Morgan fingerprint density at radius 1 is 1.37 bits per heavy atom. The Kier molecular flexibility index (Phi) is 4.20. The molecule has 2 aromatic rings. The summed E-state index contributed by atoms with van der Waals surface area (Å²) in [7, 11) is 1.98. The van der Waals surface area contributed by atoms with Crippen LogP contribution >= 0.6 is 11.3 Å². The molecule has 0 aliphatic heterocycles. The molecule has 1 heterocycles. The van der Waals surface area contributed by atoms with Gasteiger partial charge < -0.3 is 4.57 Å². The molecule has 19 heavy (non-hydrogen) atoms. The number of aromatic nitrogens is 1. The summed E-state index contributed by atoms with van der Waals surface area (Å²) in [6.07, 6.45) is 2.48. The Morgan fingerprint density at radius 3 is 2.79 bits per heavy atom. The molecule has 0 aliphatic rings. The molecule has 0 unspecified atom stereocenters. The third-order valence-corrected chi connectivity index (χ3v) is 4.28. The number of benzene rings is 1. The van der Waals surface area contributed by atoms with E-state index in [0.717, 1.165) is 17.6 Å². The second kappa shape index (κ2) is 5.70. The van der Waals surface area contributed by atoms with Crippen molar-refractivity contribution in [2.45, 2.75) is 40.0 Å². The summed E-state index contributed by atoms with van der Waals surface area (Å²) in [5, 5.41) is 0. The molecule has 0 saturated carbocycles. The standard InChI is InChI=1S/C15H20N2OS/c1-5-6-7-13(18)16-15-17(4)14-11(3)8-10(2)9-12(14)19-15/h8-9H,5-7H2,1-4H3. The highest BCUT2D eigenvalue weighted by Gasteiger charge is 2.07. The minimum absolute atomic E-state index is 0.0154. The highest BCUT2D eigenvalue weighted by molar-refractivity contribution is 7.16. The van der Waals surface area contributed by atoms with Crippen LogP contribution in [-0.4, -0.2) is 10.5 Å². The number of carbonyl (C=O) groups is 1. The normalized spacial score (nSPS) is 12.3. The molecule has 0 saturated heterocycles. The van der Waals surface area contributed by atoms with E-state index in [1.807, 2.05) is 11.6 Å². The average molecular weight is 276 g/mol. The fraction of sp³-hybridized carbons (Fsp3) is 0.467. The van der Waals surface area contributed by atoms with Gasteiger partial charge in [0.1, 0.15) is 0 Å². The third-order valence-electron chi connectivity index (χ3n) is 3.20. The van der Waals surface area contributed by atoms with Crippen LogP contribution in [0, 0.1) is 13.8 Å². The number of rotatable bonds is 3. The fourth-order valence-corrected chi connectivity index (χ4v) is 3.49. The third kappa shape index (κ3) is 2.95. The van der Waals surface area contributed by atoms with E-state index >= 15 is 0 Å². The zero-order chi connectivity index (χ0) is 14.0. The molecule has 1 aromatic carbocycles. The van der Waals surface area contributed by atoms with Crippen molar-refractivity contribution in [1.29, 1.82) is 0 Å². The predicted octanol–water partition coefficient (Wildman–Crippen LogP) is 3.47. The minimum atomic E-state index is -0.0154. The summed E-state index contributed by atoms with van der Waals surface area (Å²) in [5.41, 5.74) is 3.66. The maximum absolute atomic E-state index is 11.8. The largest absolute Gasteiger partial charge is 0.319 e. The first-order valence-corrected chi connectivity index (χ1v) is 7.49. The molecule has 0 aliphatic carbocycles. The Labute approximate surface area is 117 Å². The zero-order valence-corrected chi connectivity index (χ0v) is 12.8. The first-order valence-electron chi connectivity index (χ1n) is 6.67.